The highest BCUT2D eigenvalue weighted by molar-refractivity contribution is 5.74. The minimum absolute atomic E-state index is 0.0669. The van der Waals surface area contributed by atoms with E-state index in [1.807, 2.05) is 6.92 Å². The Morgan fingerprint density at radius 3 is 2.89 bits per heavy atom. The van der Waals surface area contributed by atoms with Crippen LogP contribution in [0.2, 0.25) is 0 Å². The van der Waals surface area contributed by atoms with Gasteiger partial charge >= 0.3 is 12.0 Å². The van der Waals surface area contributed by atoms with Crippen LogP contribution in [0.5, 0.6) is 0 Å². The number of aliphatic hydroxyl groups excluding tert-OH is 1. The number of carboxylic acid groups (broad SMARTS) is 1. The molecule has 0 aromatic heterocycles. The lowest BCUT2D eigenvalue weighted by Gasteiger charge is -2.37. The Morgan fingerprint density at radius 2 is 2.26 bits per heavy atom. The molecule has 2 unspecified atom stereocenters. The summed E-state index contributed by atoms with van der Waals surface area (Å²) >= 11 is 0. The van der Waals surface area contributed by atoms with Gasteiger partial charge < -0.3 is 29.9 Å². The quantitative estimate of drug-likeness (QED) is 0.530. The molecule has 8 nitrogen and oxygen atoms in total. The van der Waals surface area contributed by atoms with Crippen LogP contribution in [-0.4, -0.2) is 78.8 Å². The average molecular weight is 276 g/mol. The van der Waals surface area contributed by atoms with Crippen molar-refractivity contribution >= 4 is 12.0 Å². The number of carboxylic acids is 1. The number of nitrogens with one attached hydrogen (secondary N) is 1. The number of morpholine rings is 1. The number of aliphatic carboxylic acids is 1. The monoisotopic (exact) mass is 276 g/mol. The maximum absolute atomic E-state index is 11.9. The van der Waals surface area contributed by atoms with Crippen molar-refractivity contribution in [2.75, 3.05) is 39.5 Å². The van der Waals surface area contributed by atoms with E-state index in [0.717, 1.165) is 0 Å². The molecule has 110 valence electrons. The molecular formula is C11H20N2O6. The van der Waals surface area contributed by atoms with Gasteiger partial charge in [-0.3, -0.25) is 0 Å². The zero-order valence-corrected chi connectivity index (χ0v) is 10.9. The largest absolute Gasteiger partial charge is 0.480 e. The summed E-state index contributed by atoms with van der Waals surface area (Å²) in [4.78, 5) is 23.7. The van der Waals surface area contributed by atoms with Crippen LogP contribution in [0.25, 0.3) is 0 Å². The number of carbonyl (C=O) groups excluding carboxylic acids is 1. The Kier molecular flexibility index (Phi) is 6.54. The lowest BCUT2D eigenvalue weighted by molar-refractivity contribution is -0.142. The fourth-order valence-electron chi connectivity index (χ4n) is 1.70. The van der Waals surface area contributed by atoms with Crippen molar-refractivity contribution in [3.05, 3.63) is 0 Å². The van der Waals surface area contributed by atoms with Crippen molar-refractivity contribution in [2.24, 2.45) is 0 Å². The zero-order chi connectivity index (χ0) is 14.3. The van der Waals surface area contributed by atoms with Crippen LogP contribution < -0.4 is 5.32 Å². The number of ether oxygens (including phenoxy) is 2. The Hall–Kier alpha value is -1.38. The lowest BCUT2D eigenvalue weighted by Crippen LogP contribution is -2.55. The van der Waals surface area contributed by atoms with Crippen molar-refractivity contribution in [1.82, 2.24) is 10.2 Å². The second kappa shape index (κ2) is 7.93. The summed E-state index contributed by atoms with van der Waals surface area (Å²) in [6.45, 7) is 2.44. The molecule has 2 amide bonds. The molecule has 1 aliphatic heterocycles. The van der Waals surface area contributed by atoms with Crippen molar-refractivity contribution in [3.8, 4) is 0 Å². The lowest BCUT2D eigenvalue weighted by atomic mass is 10.2. The summed E-state index contributed by atoms with van der Waals surface area (Å²) in [5, 5.41) is 20.0. The number of hydrogen-bond donors (Lipinski definition) is 3. The highest BCUT2D eigenvalue weighted by Gasteiger charge is 2.28. The number of hydrogen-bond acceptors (Lipinski definition) is 5. The Balaban J connectivity index is 2.25. The summed E-state index contributed by atoms with van der Waals surface area (Å²) in [7, 11) is 0. The standard InChI is InChI=1S/C11H20N2O6/c1-8-6-19-9(5-14)4-13(8)11(17)12-2-3-18-7-10(15)16/h8-9,14H,2-7H2,1H3,(H,12,17)(H,15,16). The molecule has 0 aliphatic carbocycles. The molecule has 1 saturated heterocycles. The van der Waals surface area contributed by atoms with E-state index in [9.17, 15) is 9.59 Å². The fraction of sp³-hybridized carbons (Fsp3) is 0.818. The molecule has 0 spiro atoms. The first kappa shape index (κ1) is 15.7. The van der Waals surface area contributed by atoms with Crippen LogP contribution in [0.4, 0.5) is 4.79 Å². The van der Waals surface area contributed by atoms with Gasteiger partial charge in [-0.25, -0.2) is 9.59 Å². The molecular weight excluding hydrogens is 256 g/mol. The first-order valence-electron chi connectivity index (χ1n) is 6.11. The molecule has 2 atom stereocenters. The maximum atomic E-state index is 11.9. The van der Waals surface area contributed by atoms with Crippen LogP contribution in [0.1, 0.15) is 6.92 Å². The van der Waals surface area contributed by atoms with Gasteiger partial charge in [0.05, 0.1) is 38.5 Å². The van der Waals surface area contributed by atoms with Crippen molar-refractivity contribution in [1.29, 1.82) is 0 Å². The minimum Gasteiger partial charge on any atom is -0.480 e. The van der Waals surface area contributed by atoms with E-state index in [1.165, 1.54) is 0 Å². The fourth-order valence-corrected chi connectivity index (χ4v) is 1.70. The predicted octanol–water partition coefficient (Wildman–Crippen LogP) is -1.12. The number of urea groups is 1. The van der Waals surface area contributed by atoms with Crippen LogP contribution in [0, 0.1) is 0 Å². The van der Waals surface area contributed by atoms with Gasteiger partial charge in [-0.05, 0) is 6.92 Å². The van der Waals surface area contributed by atoms with Gasteiger partial charge in [0.2, 0.25) is 0 Å². The third-order valence-electron chi connectivity index (χ3n) is 2.72. The van der Waals surface area contributed by atoms with Crippen LogP contribution >= 0.6 is 0 Å². The Labute approximate surface area is 111 Å². The topological polar surface area (TPSA) is 108 Å². The maximum Gasteiger partial charge on any atom is 0.329 e. The van der Waals surface area contributed by atoms with Gasteiger partial charge in [0.15, 0.2) is 0 Å². The van der Waals surface area contributed by atoms with Crippen LogP contribution in [-0.2, 0) is 14.3 Å². The van der Waals surface area contributed by atoms with E-state index >= 15 is 0 Å². The third kappa shape index (κ3) is 5.41. The first-order chi connectivity index (χ1) is 9.04. The highest BCUT2D eigenvalue weighted by Crippen LogP contribution is 2.11. The van der Waals surface area contributed by atoms with Crippen molar-refractivity contribution < 1.29 is 29.3 Å². The van der Waals surface area contributed by atoms with Gasteiger partial charge in [-0.15, -0.1) is 0 Å². The SMILES string of the molecule is CC1COC(CO)CN1C(=O)NCCOCC(=O)O. The van der Waals surface area contributed by atoms with E-state index in [1.54, 1.807) is 4.90 Å². The molecule has 8 heteroatoms. The van der Waals surface area contributed by atoms with Crippen LogP contribution in [0.3, 0.4) is 0 Å². The Morgan fingerprint density at radius 1 is 1.53 bits per heavy atom. The molecule has 3 N–H and O–H groups in total. The van der Waals surface area contributed by atoms with E-state index in [-0.39, 0.29) is 44.5 Å². The number of nitrogens with zero attached hydrogens (tertiary/aromatic N) is 1. The Bertz CT molecular complexity index is 312. The normalized spacial score (nSPS) is 23.2. The molecule has 1 heterocycles. The first-order valence-corrected chi connectivity index (χ1v) is 6.11. The summed E-state index contributed by atoms with van der Waals surface area (Å²) in [6.07, 6.45) is -0.356. The van der Waals surface area contributed by atoms with Gasteiger partial charge in [-0.2, -0.15) is 0 Å². The van der Waals surface area contributed by atoms with E-state index < -0.39 is 5.97 Å². The molecule has 1 aliphatic rings. The van der Waals surface area contributed by atoms with Crippen molar-refractivity contribution in [3.63, 3.8) is 0 Å². The van der Waals surface area contributed by atoms with E-state index in [4.69, 9.17) is 19.7 Å². The summed E-state index contributed by atoms with van der Waals surface area (Å²) < 4.78 is 10.1. The molecule has 0 saturated carbocycles. The van der Waals surface area contributed by atoms with Gasteiger partial charge in [-0.1, -0.05) is 0 Å². The van der Waals surface area contributed by atoms with Gasteiger partial charge in [0.25, 0.3) is 0 Å². The summed E-state index contributed by atoms with van der Waals surface area (Å²) in [5.74, 6) is -1.04. The van der Waals surface area contributed by atoms with Crippen molar-refractivity contribution in [2.45, 2.75) is 19.1 Å². The van der Waals surface area contributed by atoms with Crippen LogP contribution in [0.15, 0.2) is 0 Å². The van der Waals surface area contributed by atoms with Gasteiger partial charge in [0.1, 0.15) is 6.61 Å². The number of carbonyl (C=O) groups is 2. The number of amides is 2. The van der Waals surface area contributed by atoms with E-state index in [2.05, 4.69) is 5.32 Å². The smallest absolute Gasteiger partial charge is 0.329 e. The minimum atomic E-state index is -1.04. The molecule has 1 fully saturated rings. The summed E-state index contributed by atoms with van der Waals surface area (Å²) in [5.41, 5.74) is 0. The molecule has 19 heavy (non-hydrogen) atoms. The third-order valence-corrected chi connectivity index (χ3v) is 2.72. The number of aliphatic hydroxyl groups is 1. The molecule has 1 rings (SSSR count). The highest BCUT2D eigenvalue weighted by atomic mass is 16.5. The summed E-state index contributed by atoms with van der Waals surface area (Å²) in [6, 6.07) is -0.337. The van der Waals surface area contributed by atoms with E-state index in [0.29, 0.717) is 13.2 Å². The second-order valence-electron chi connectivity index (χ2n) is 4.32. The molecule has 0 aromatic carbocycles. The zero-order valence-electron chi connectivity index (χ0n) is 10.9. The molecule has 0 radical (unpaired) electrons. The number of rotatable bonds is 6. The molecule has 0 bridgehead atoms. The second-order valence-corrected chi connectivity index (χ2v) is 4.32. The average Bonchev–Trinajstić information content (AvgIpc) is 2.38. The predicted molar refractivity (Wildman–Crippen MR) is 64.8 cm³/mol. The van der Waals surface area contributed by atoms with Gasteiger partial charge in [0, 0.05) is 6.54 Å². The molecule has 0 aromatic rings.